The van der Waals surface area contributed by atoms with Crippen LogP contribution >= 0.6 is 0 Å². The van der Waals surface area contributed by atoms with E-state index in [1.165, 1.54) is 0 Å². The van der Waals surface area contributed by atoms with Crippen LogP contribution in [-0.2, 0) is 11.8 Å². The standard InChI is InChI=1S/C20H30N4O4/c1-20(2,3)13-15(19(28)17(13)26)23-9-11-24(5)10-6-12-14(18(27)16(12)25)22-8-7-21-4/h21-23H,6-11H2,1-5H3. The maximum absolute atomic E-state index is 11.8. The molecule has 2 rings (SSSR count). The van der Waals surface area contributed by atoms with E-state index in [1.54, 1.807) is 0 Å². The maximum Gasteiger partial charge on any atom is 0.249 e. The molecular formula is C20H30N4O4. The van der Waals surface area contributed by atoms with Crippen LogP contribution in [0.1, 0.15) is 31.9 Å². The Kier molecular flexibility index (Phi) is 6.90. The number of rotatable bonds is 11. The molecular weight excluding hydrogens is 360 g/mol. The van der Waals surface area contributed by atoms with E-state index < -0.39 is 21.7 Å². The van der Waals surface area contributed by atoms with Gasteiger partial charge in [0.15, 0.2) is 0 Å². The first-order chi connectivity index (χ1) is 13.1. The first-order valence-electron chi connectivity index (χ1n) is 9.56. The molecule has 0 fully saturated rings. The minimum absolute atomic E-state index is 0.362. The monoisotopic (exact) mass is 390 g/mol. The molecule has 0 aliphatic rings. The Morgan fingerprint density at radius 2 is 1.39 bits per heavy atom. The Bertz CT molecular complexity index is 957. The fraction of sp³-hybridized carbons (Fsp3) is 0.600. The first-order valence-corrected chi connectivity index (χ1v) is 9.56. The number of anilines is 2. The van der Waals surface area contributed by atoms with E-state index in [4.69, 9.17) is 0 Å². The van der Waals surface area contributed by atoms with Crippen molar-refractivity contribution >= 4 is 11.4 Å². The van der Waals surface area contributed by atoms with Crippen LogP contribution in [0, 0.1) is 0 Å². The lowest BCUT2D eigenvalue weighted by atomic mass is 9.82. The van der Waals surface area contributed by atoms with Gasteiger partial charge in [-0.1, -0.05) is 20.8 Å². The summed E-state index contributed by atoms with van der Waals surface area (Å²) in [6.45, 7) is 8.80. The Morgan fingerprint density at radius 3 is 2.00 bits per heavy atom. The Morgan fingerprint density at radius 1 is 0.786 bits per heavy atom. The quantitative estimate of drug-likeness (QED) is 0.345. The molecule has 0 aliphatic carbocycles. The van der Waals surface area contributed by atoms with Gasteiger partial charge in [0.1, 0.15) is 0 Å². The lowest BCUT2D eigenvalue weighted by Crippen LogP contribution is -2.44. The summed E-state index contributed by atoms with van der Waals surface area (Å²) in [5.41, 5.74) is -0.0913. The Hall–Kier alpha value is -2.32. The first kappa shape index (κ1) is 22.0. The van der Waals surface area contributed by atoms with Gasteiger partial charge >= 0.3 is 0 Å². The summed E-state index contributed by atoms with van der Waals surface area (Å²) < 4.78 is 0. The molecule has 0 aromatic heterocycles. The van der Waals surface area contributed by atoms with Crippen molar-refractivity contribution in [2.45, 2.75) is 32.6 Å². The maximum atomic E-state index is 11.8. The predicted molar refractivity (Wildman–Crippen MR) is 114 cm³/mol. The van der Waals surface area contributed by atoms with Crippen LogP contribution in [0.2, 0.25) is 0 Å². The molecule has 0 aliphatic heterocycles. The molecule has 28 heavy (non-hydrogen) atoms. The number of likely N-dealkylation sites (N-methyl/N-ethyl adjacent to an activating group) is 2. The average Bonchev–Trinajstić information content (AvgIpc) is 2.63. The summed E-state index contributed by atoms with van der Waals surface area (Å²) in [4.78, 5) is 49.1. The molecule has 0 radical (unpaired) electrons. The second-order valence-corrected chi connectivity index (χ2v) is 8.18. The molecule has 3 N–H and O–H groups in total. The molecule has 0 saturated carbocycles. The zero-order valence-electron chi connectivity index (χ0n) is 17.3. The summed E-state index contributed by atoms with van der Waals surface area (Å²) in [6.07, 6.45) is 0.496. The van der Waals surface area contributed by atoms with Crippen LogP contribution in [0.15, 0.2) is 19.2 Å². The molecule has 8 heteroatoms. The van der Waals surface area contributed by atoms with Gasteiger partial charge in [-0.05, 0) is 25.9 Å². The van der Waals surface area contributed by atoms with Gasteiger partial charge in [0.05, 0.1) is 11.4 Å². The second kappa shape index (κ2) is 8.79. The highest BCUT2D eigenvalue weighted by Gasteiger charge is 2.30. The van der Waals surface area contributed by atoms with Crippen molar-refractivity contribution < 1.29 is 0 Å². The van der Waals surface area contributed by atoms with E-state index in [0.717, 1.165) is 0 Å². The highest BCUT2D eigenvalue weighted by Crippen LogP contribution is 2.25. The second-order valence-electron chi connectivity index (χ2n) is 8.18. The molecule has 8 nitrogen and oxygen atoms in total. The van der Waals surface area contributed by atoms with E-state index in [9.17, 15) is 19.2 Å². The minimum Gasteiger partial charge on any atom is -0.380 e. The minimum atomic E-state index is -0.450. The van der Waals surface area contributed by atoms with Gasteiger partial charge < -0.3 is 20.9 Å². The highest BCUT2D eigenvalue weighted by atomic mass is 16.2. The number of nitrogens with one attached hydrogen (secondary N) is 3. The molecule has 0 heterocycles. The van der Waals surface area contributed by atoms with E-state index >= 15 is 0 Å². The van der Waals surface area contributed by atoms with Crippen LogP contribution < -0.4 is 37.7 Å². The lowest BCUT2D eigenvalue weighted by Gasteiger charge is -2.25. The normalized spacial score (nSPS) is 12.2. The lowest BCUT2D eigenvalue weighted by molar-refractivity contribution is 0.351. The number of hydrogen-bond acceptors (Lipinski definition) is 8. The van der Waals surface area contributed by atoms with Crippen molar-refractivity contribution in [3.63, 3.8) is 0 Å². The Balaban J connectivity index is 1.83. The Labute approximate surface area is 164 Å². The van der Waals surface area contributed by atoms with Crippen LogP contribution in [0.25, 0.3) is 0 Å². The summed E-state index contributed by atoms with van der Waals surface area (Å²) in [7, 11) is 3.73. The van der Waals surface area contributed by atoms with Crippen LogP contribution in [0.5, 0.6) is 0 Å². The van der Waals surface area contributed by atoms with Gasteiger partial charge in [-0.3, -0.25) is 19.2 Å². The van der Waals surface area contributed by atoms with Crippen LogP contribution in [-0.4, -0.2) is 51.7 Å². The van der Waals surface area contributed by atoms with Gasteiger partial charge in [-0.25, -0.2) is 0 Å². The van der Waals surface area contributed by atoms with Crippen molar-refractivity contribution in [2.75, 3.05) is 57.5 Å². The molecule has 0 saturated heterocycles. The van der Waals surface area contributed by atoms with Gasteiger partial charge in [-0.15, -0.1) is 0 Å². The predicted octanol–water partition coefficient (Wildman–Crippen LogP) is -0.606. The summed E-state index contributed by atoms with van der Waals surface area (Å²) >= 11 is 0. The highest BCUT2D eigenvalue weighted by molar-refractivity contribution is 5.59. The van der Waals surface area contributed by atoms with Gasteiger partial charge in [0.2, 0.25) is 21.7 Å². The van der Waals surface area contributed by atoms with E-state index in [2.05, 4.69) is 16.0 Å². The molecule has 0 bridgehead atoms. The molecule has 0 amide bonds. The molecule has 0 atom stereocenters. The SMILES string of the molecule is CNCCNc1c(CCN(C)CCNc2c(C(C)(C)C)c(=O)c2=O)c(=O)c1=O. The molecule has 2 aromatic rings. The third kappa shape index (κ3) is 4.56. The van der Waals surface area contributed by atoms with Gasteiger partial charge in [-0.2, -0.15) is 0 Å². The van der Waals surface area contributed by atoms with E-state index in [0.29, 0.717) is 61.6 Å². The van der Waals surface area contributed by atoms with E-state index in [1.807, 2.05) is 39.8 Å². The summed E-state index contributed by atoms with van der Waals surface area (Å²) in [5.74, 6) is 0. The third-order valence-electron chi connectivity index (χ3n) is 4.89. The van der Waals surface area contributed by atoms with Crippen LogP contribution in [0.3, 0.4) is 0 Å². The van der Waals surface area contributed by atoms with Gasteiger partial charge in [0.25, 0.3) is 0 Å². The third-order valence-corrected chi connectivity index (χ3v) is 4.89. The molecule has 0 unspecified atom stereocenters. The molecule has 154 valence electrons. The largest absolute Gasteiger partial charge is 0.380 e. The zero-order chi connectivity index (χ0) is 21.1. The molecule has 2 aromatic carbocycles. The fourth-order valence-electron chi connectivity index (χ4n) is 3.24. The average molecular weight is 390 g/mol. The number of hydrogen-bond donors (Lipinski definition) is 3. The van der Waals surface area contributed by atoms with E-state index in [-0.39, 0.29) is 5.41 Å². The van der Waals surface area contributed by atoms with Gasteiger partial charge in [0, 0.05) is 43.9 Å². The van der Waals surface area contributed by atoms with Crippen molar-refractivity contribution in [3.8, 4) is 0 Å². The van der Waals surface area contributed by atoms with Crippen molar-refractivity contribution in [2.24, 2.45) is 0 Å². The smallest absolute Gasteiger partial charge is 0.249 e. The fourth-order valence-corrected chi connectivity index (χ4v) is 3.24. The van der Waals surface area contributed by atoms with Crippen molar-refractivity contribution in [1.29, 1.82) is 0 Å². The van der Waals surface area contributed by atoms with Crippen LogP contribution in [0.4, 0.5) is 11.4 Å². The van der Waals surface area contributed by atoms with Crippen molar-refractivity contribution in [1.82, 2.24) is 10.2 Å². The number of nitrogens with zero attached hydrogens (tertiary/aromatic N) is 1. The topological polar surface area (TPSA) is 108 Å². The van der Waals surface area contributed by atoms with Crippen molar-refractivity contribution in [3.05, 3.63) is 52.0 Å². The molecule has 0 spiro atoms. The summed E-state index contributed by atoms with van der Waals surface area (Å²) in [6, 6.07) is 0. The summed E-state index contributed by atoms with van der Waals surface area (Å²) in [5, 5.41) is 9.07. The zero-order valence-corrected chi connectivity index (χ0v) is 17.3.